The number of anilines is 1. The Labute approximate surface area is 281 Å². The summed E-state index contributed by atoms with van der Waals surface area (Å²) >= 11 is 0. The van der Waals surface area contributed by atoms with Gasteiger partial charge < -0.3 is 29.4 Å². The van der Waals surface area contributed by atoms with Crippen LogP contribution in [0, 0.1) is 12.7 Å². The summed E-state index contributed by atoms with van der Waals surface area (Å²) in [7, 11) is 1.59. The number of rotatable bonds is 8. The number of piperazine rings is 1. The van der Waals surface area contributed by atoms with E-state index in [2.05, 4.69) is 25.2 Å². The Bertz CT molecular complexity index is 2110. The summed E-state index contributed by atoms with van der Waals surface area (Å²) < 4.78 is 23.9. The molecule has 12 nitrogen and oxygen atoms in total. The van der Waals surface area contributed by atoms with Gasteiger partial charge in [0.25, 0.3) is 5.91 Å². The molecule has 0 bridgehead atoms. The van der Waals surface area contributed by atoms with Crippen molar-refractivity contribution in [3.63, 3.8) is 0 Å². The third-order valence-corrected chi connectivity index (χ3v) is 9.35. The number of ether oxygens (including phenoxy) is 1. The number of carbonyl (C=O) groups is 2. The molecule has 13 heteroatoms. The lowest BCUT2D eigenvalue weighted by atomic mass is 9.93. The molecule has 0 saturated carbocycles. The summed E-state index contributed by atoms with van der Waals surface area (Å²) in [6.07, 6.45) is 6.11. The SMILES string of the molecule is COc1ccccc1-c1cc(C2=CCCN(C(=O)CCn3ccnn3)C2)c(F)c2[nH]c(C(=O)N3CCN(c4ccc(=O)[nH]c4C)CC3)cc12. The summed E-state index contributed by atoms with van der Waals surface area (Å²) in [4.78, 5) is 50.4. The molecule has 0 aliphatic carbocycles. The highest BCUT2D eigenvalue weighted by Crippen LogP contribution is 2.40. The van der Waals surface area contributed by atoms with E-state index in [1.165, 1.54) is 6.07 Å². The maximum atomic E-state index is 16.6. The first kappa shape index (κ1) is 31.9. The minimum Gasteiger partial charge on any atom is -0.496 e. The van der Waals surface area contributed by atoms with E-state index in [1.807, 2.05) is 37.3 Å². The molecule has 2 aromatic carbocycles. The Balaban J connectivity index is 1.19. The van der Waals surface area contributed by atoms with Gasteiger partial charge in [0.1, 0.15) is 11.4 Å². The standard InChI is InChI=1S/C36H37FN8O4/c1-23-30(9-10-32(46)39-23)42-16-18-43(19-17-42)36(48)29-21-28-27(25-7-3-4-8-31(25)49-2)20-26(34(37)35(28)40-29)24-6-5-13-44(22-24)33(47)11-14-45-15-12-38-41-45/h3-4,6-10,12,15,20-21,40H,5,11,13-14,16-19,22H2,1-2H3,(H,39,46). The van der Waals surface area contributed by atoms with E-state index in [4.69, 9.17) is 4.74 Å². The van der Waals surface area contributed by atoms with Gasteiger partial charge in [0.05, 0.1) is 31.1 Å². The van der Waals surface area contributed by atoms with Crippen LogP contribution in [0.2, 0.25) is 0 Å². The number of amides is 2. The Hall–Kier alpha value is -5.72. The Morgan fingerprint density at radius 3 is 2.53 bits per heavy atom. The number of halogens is 1. The molecule has 7 rings (SSSR count). The second-order valence-electron chi connectivity index (χ2n) is 12.3. The molecule has 2 amide bonds. The van der Waals surface area contributed by atoms with Crippen LogP contribution in [0.15, 0.2) is 71.8 Å². The van der Waals surface area contributed by atoms with Crippen LogP contribution in [-0.4, -0.2) is 93.0 Å². The largest absolute Gasteiger partial charge is 0.496 e. The van der Waals surface area contributed by atoms with E-state index < -0.39 is 5.82 Å². The van der Waals surface area contributed by atoms with Crippen molar-refractivity contribution in [1.29, 1.82) is 0 Å². The second kappa shape index (κ2) is 13.4. The van der Waals surface area contributed by atoms with Crippen LogP contribution in [0.4, 0.5) is 10.1 Å². The van der Waals surface area contributed by atoms with Gasteiger partial charge in [-0.05, 0) is 48.7 Å². The van der Waals surface area contributed by atoms with Gasteiger partial charge in [-0.25, -0.2) is 4.39 Å². The lowest BCUT2D eigenvalue weighted by molar-refractivity contribution is -0.131. The molecule has 49 heavy (non-hydrogen) atoms. The molecule has 5 heterocycles. The molecule has 2 aliphatic rings. The Kier molecular flexibility index (Phi) is 8.72. The second-order valence-corrected chi connectivity index (χ2v) is 12.3. The van der Waals surface area contributed by atoms with Crippen molar-refractivity contribution in [2.75, 3.05) is 51.3 Å². The van der Waals surface area contributed by atoms with Crippen LogP contribution >= 0.6 is 0 Å². The number of pyridine rings is 1. The molecule has 5 aromatic rings. The van der Waals surface area contributed by atoms with Gasteiger partial charge in [0.15, 0.2) is 5.82 Å². The van der Waals surface area contributed by atoms with Crippen LogP contribution in [0.1, 0.15) is 34.6 Å². The van der Waals surface area contributed by atoms with E-state index in [0.29, 0.717) is 79.2 Å². The number of fused-ring (bicyclic) bond motifs is 1. The lowest BCUT2D eigenvalue weighted by Gasteiger charge is -2.36. The molecule has 1 fully saturated rings. The van der Waals surface area contributed by atoms with Crippen LogP contribution in [0.25, 0.3) is 27.6 Å². The molecule has 3 aromatic heterocycles. The predicted molar refractivity (Wildman–Crippen MR) is 184 cm³/mol. The summed E-state index contributed by atoms with van der Waals surface area (Å²) in [6.45, 7) is 5.18. The number of nitrogens with one attached hydrogen (secondary N) is 2. The van der Waals surface area contributed by atoms with Crippen molar-refractivity contribution in [1.82, 2.24) is 34.8 Å². The number of benzene rings is 2. The highest BCUT2D eigenvalue weighted by Gasteiger charge is 2.28. The van der Waals surface area contributed by atoms with Gasteiger partial charge in [-0.2, -0.15) is 0 Å². The topological polar surface area (TPSA) is 132 Å². The summed E-state index contributed by atoms with van der Waals surface area (Å²) in [5.41, 5.74) is 4.62. The van der Waals surface area contributed by atoms with Crippen molar-refractivity contribution >= 4 is 34.0 Å². The molecule has 0 unspecified atom stereocenters. The van der Waals surface area contributed by atoms with Gasteiger partial charge in [0, 0.05) is 80.2 Å². The monoisotopic (exact) mass is 664 g/mol. The third kappa shape index (κ3) is 6.31. The van der Waals surface area contributed by atoms with Crippen molar-refractivity contribution in [2.24, 2.45) is 0 Å². The van der Waals surface area contributed by atoms with Gasteiger partial charge >= 0.3 is 0 Å². The van der Waals surface area contributed by atoms with Crippen LogP contribution < -0.4 is 15.2 Å². The number of hydrogen-bond acceptors (Lipinski definition) is 7. The fraction of sp³-hybridized carbons (Fsp3) is 0.306. The Morgan fingerprint density at radius 1 is 0.959 bits per heavy atom. The molecular formula is C36H37FN8O4. The first-order valence-electron chi connectivity index (χ1n) is 16.3. The number of aryl methyl sites for hydroxylation is 2. The van der Waals surface area contributed by atoms with Gasteiger partial charge in [-0.15, -0.1) is 5.10 Å². The maximum absolute atomic E-state index is 16.6. The van der Waals surface area contributed by atoms with E-state index in [1.54, 1.807) is 52.2 Å². The fourth-order valence-electron chi connectivity index (χ4n) is 6.80. The van der Waals surface area contributed by atoms with Gasteiger partial charge in [-0.3, -0.25) is 19.1 Å². The van der Waals surface area contributed by atoms with Crippen molar-refractivity contribution in [3.05, 3.63) is 100 Å². The van der Waals surface area contributed by atoms with Crippen LogP contribution in [-0.2, 0) is 11.3 Å². The predicted octanol–water partition coefficient (Wildman–Crippen LogP) is 4.24. The number of nitrogens with zero attached hydrogens (tertiary/aromatic N) is 6. The number of H-pyrrole nitrogens is 2. The average molecular weight is 665 g/mol. The first-order valence-corrected chi connectivity index (χ1v) is 16.3. The minimum atomic E-state index is -0.478. The van der Waals surface area contributed by atoms with E-state index in [-0.39, 0.29) is 35.9 Å². The minimum absolute atomic E-state index is 0.0453. The highest BCUT2D eigenvalue weighted by atomic mass is 19.1. The zero-order valence-corrected chi connectivity index (χ0v) is 27.4. The highest BCUT2D eigenvalue weighted by molar-refractivity contribution is 6.05. The van der Waals surface area contributed by atoms with Gasteiger partial charge in [-0.1, -0.05) is 29.5 Å². The van der Waals surface area contributed by atoms with E-state index >= 15 is 4.39 Å². The Morgan fingerprint density at radius 2 is 1.78 bits per heavy atom. The molecular weight excluding hydrogens is 627 g/mol. The number of hydrogen-bond donors (Lipinski definition) is 2. The van der Waals surface area contributed by atoms with Crippen molar-refractivity contribution in [3.8, 4) is 16.9 Å². The number of aromatic amines is 2. The van der Waals surface area contributed by atoms with Crippen molar-refractivity contribution < 1.29 is 18.7 Å². The molecule has 0 radical (unpaired) electrons. The van der Waals surface area contributed by atoms with E-state index in [0.717, 1.165) is 16.9 Å². The van der Waals surface area contributed by atoms with Gasteiger partial charge in [0.2, 0.25) is 11.5 Å². The maximum Gasteiger partial charge on any atom is 0.270 e. The van der Waals surface area contributed by atoms with Crippen LogP contribution in [0.5, 0.6) is 5.75 Å². The first-order chi connectivity index (χ1) is 23.8. The number of carbonyl (C=O) groups excluding carboxylic acids is 2. The number of aromatic nitrogens is 5. The zero-order chi connectivity index (χ0) is 34.1. The molecule has 0 atom stereocenters. The molecule has 0 spiro atoms. The molecule has 2 aliphatic heterocycles. The summed E-state index contributed by atoms with van der Waals surface area (Å²) in [5.74, 6) is -0.126. The average Bonchev–Trinajstić information content (AvgIpc) is 3.82. The van der Waals surface area contributed by atoms with Crippen LogP contribution in [0.3, 0.4) is 0 Å². The van der Waals surface area contributed by atoms with Crippen molar-refractivity contribution in [2.45, 2.75) is 26.3 Å². The summed E-state index contributed by atoms with van der Waals surface area (Å²) in [6, 6.07) is 14.4. The molecule has 2 N–H and O–H groups in total. The fourth-order valence-corrected chi connectivity index (χ4v) is 6.80. The number of methoxy groups -OCH3 is 1. The lowest BCUT2D eigenvalue weighted by Crippen LogP contribution is -2.49. The number of para-hydroxylation sites is 1. The van der Waals surface area contributed by atoms with E-state index in [9.17, 15) is 14.4 Å². The smallest absolute Gasteiger partial charge is 0.270 e. The zero-order valence-electron chi connectivity index (χ0n) is 27.4. The molecule has 252 valence electrons. The quantitative estimate of drug-likeness (QED) is 0.254. The third-order valence-electron chi connectivity index (χ3n) is 9.35. The summed E-state index contributed by atoms with van der Waals surface area (Å²) in [5, 5.41) is 8.29. The normalized spacial score (nSPS) is 15.1. The molecule has 1 saturated heterocycles.